The van der Waals surface area contributed by atoms with Crippen LogP contribution in [0.2, 0.25) is 0 Å². The Hall–Kier alpha value is -1.08. The van der Waals surface area contributed by atoms with Gasteiger partial charge in [-0.25, -0.2) is 0 Å². The lowest BCUT2D eigenvalue weighted by atomic mass is 9.88. The van der Waals surface area contributed by atoms with E-state index in [2.05, 4.69) is 55.3 Å². The van der Waals surface area contributed by atoms with Gasteiger partial charge in [0.15, 0.2) is 0 Å². The summed E-state index contributed by atoms with van der Waals surface area (Å²) in [6, 6.07) is 11.4. The molecule has 1 unspecified atom stereocenters. The average Bonchev–Trinajstić information content (AvgIpc) is 2.40. The average molecular weight is 229 g/mol. The molecule has 1 heteroatoms. The largest absolute Gasteiger partial charge is 0.300 e. The summed E-state index contributed by atoms with van der Waals surface area (Å²) in [5.41, 5.74) is 2.96. The zero-order valence-electron chi connectivity index (χ0n) is 11.0. The van der Waals surface area contributed by atoms with E-state index in [-0.39, 0.29) is 0 Å². The maximum absolute atomic E-state index is 2.48. The van der Waals surface area contributed by atoms with Crippen LogP contribution in [0.1, 0.15) is 38.2 Å². The van der Waals surface area contributed by atoms with Gasteiger partial charge in [0.25, 0.3) is 0 Å². The van der Waals surface area contributed by atoms with E-state index in [4.69, 9.17) is 0 Å². The van der Waals surface area contributed by atoms with Crippen molar-refractivity contribution in [3.8, 4) is 0 Å². The maximum atomic E-state index is 2.48. The van der Waals surface area contributed by atoms with Crippen LogP contribution in [-0.2, 0) is 0 Å². The van der Waals surface area contributed by atoms with E-state index >= 15 is 0 Å². The van der Waals surface area contributed by atoms with Gasteiger partial charge in [0, 0.05) is 6.04 Å². The quantitative estimate of drug-likeness (QED) is 0.758. The minimum absolute atomic E-state index is 0.661. The molecule has 17 heavy (non-hydrogen) atoms. The summed E-state index contributed by atoms with van der Waals surface area (Å²) < 4.78 is 0. The third-order valence-corrected chi connectivity index (χ3v) is 3.80. The smallest absolute Gasteiger partial charge is 0.0307 e. The summed E-state index contributed by atoms with van der Waals surface area (Å²) in [5.74, 6) is 0. The van der Waals surface area contributed by atoms with Crippen molar-refractivity contribution in [2.75, 3.05) is 13.6 Å². The van der Waals surface area contributed by atoms with E-state index < -0.39 is 0 Å². The minimum atomic E-state index is 0.661. The highest BCUT2D eigenvalue weighted by atomic mass is 15.1. The topological polar surface area (TPSA) is 3.24 Å². The number of likely N-dealkylation sites (N-methyl/N-ethyl adjacent to an activating group) is 1. The predicted octanol–water partition coefficient (Wildman–Crippen LogP) is 3.96. The molecule has 0 spiro atoms. The van der Waals surface area contributed by atoms with Crippen LogP contribution >= 0.6 is 0 Å². The third kappa shape index (κ3) is 3.19. The molecular weight excluding hydrogens is 206 g/mol. The van der Waals surface area contributed by atoms with Gasteiger partial charge in [0.2, 0.25) is 0 Å². The van der Waals surface area contributed by atoms with E-state index in [0.717, 1.165) is 6.54 Å². The Labute approximate surface area is 105 Å². The van der Waals surface area contributed by atoms with E-state index in [1.54, 1.807) is 5.57 Å². The standard InChI is InChI=1S/C16H23N/c1-3-17(2)16-12-8-7-11-15(16)13-14-9-5-4-6-10-14/h4-6,9-10,13,16H,3,7-8,11-12H2,1-2H3/b15-13+. The second kappa shape index (κ2) is 6.02. The molecule has 2 rings (SSSR count). The van der Waals surface area contributed by atoms with Crippen LogP contribution in [0.25, 0.3) is 6.08 Å². The van der Waals surface area contributed by atoms with E-state index in [1.165, 1.54) is 31.2 Å². The Balaban J connectivity index is 2.19. The van der Waals surface area contributed by atoms with Crippen LogP contribution in [0.15, 0.2) is 35.9 Å². The fourth-order valence-corrected chi connectivity index (χ4v) is 2.67. The third-order valence-electron chi connectivity index (χ3n) is 3.80. The molecular formula is C16H23N. The van der Waals surface area contributed by atoms with Crippen LogP contribution in [0, 0.1) is 0 Å². The predicted molar refractivity (Wildman–Crippen MR) is 75.0 cm³/mol. The van der Waals surface area contributed by atoms with E-state index in [0.29, 0.717) is 6.04 Å². The minimum Gasteiger partial charge on any atom is -0.300 e. The number of hydrogen-bond donors (Lipinski definition) is 0. The van der Waals surface area contributed by atoms with Crippen LogP contribution in [0.4, 0.5) is 0 Å². The first-order valence-electron chi connectivity index (χ1n) is 6.77. The number of hydrogen-bond acceptors (Lipinski definition) is 1. The van der Waals surface area contributed by atoms with Crippen molar-refractivity contribution >= 4 is 6.08 Å². The van der Waals surface area contributed by atoms with Gasteiger partial charge in [-0.3, -0.25) is 4.90 Å². The van der Waals surface area contributed by atoms with E-state index in [9.17, 15) is 0 Å². The first-order valence-corrected chi connectivity index (χ1v) is 6.77. The highest BCUT2D eigenvalue weighted by Gasteiger charge is 2.21. The molecule has 1 aliphatic carbocycles. The Morgan fingerprint density at radius 1 is 1.24 bits per heavy atom. The normalized spacial score (nSPS) is 23.2. The molecule has 0 heterocycles. The van der Waals surface area contributed by atoms with Crippen molar-refractivity contribution in [2.45, 2.75) is 38.6 Å². The Bertz CT molecular complexity index is 366. The van der Waals surface area contributed by atoms with Crippen LogP contribution in [-0.4, -0.2) is 24.5 Å². The first-order chi connectivity index (χ1) is 8.31. The molecule has 92 valence electrons. The molecule has 0 saturated heterocycles. The highest BCUT2D eigenvalue weighted by Crippen LogP contribution is 2.28. The van der Waals surface area contributed by atoms with Gasteiger partial charge in [-0.15, -0.1) is 0 Å². The van der Waals surface area contributed by atoms with Gasteiger partial charge >= 0.3 is 0 Å². The molecule has 0 N–H and O–H groups in total. The van der Waals surface area contributed by atoms with Crippen molar-refractivity contribution in [1.29, 1.82) is 0 Å². The molecule has 1 saturated carbocycles. The van der Waals surface area contributed by atoms with Crippen molar-refractivity contribution in [1.82, 2.24) is 4.90 Å². The van der Waals surface area contributed by atoms with Gasteiger partial charge in [-0.1, -0.05) is 55.3 Å². The van der Waals surface area contributed by atoms with Crippen molar-refractivity contribution < 1.29 is 0 Å². The Morgan fingerprint density at radius 3 is 2.71 bits per heavy atom. The fourth-order valence-electron chi connectivity index (χ4n) is 2.67. The summed E-state index contributed by atoms with van der Waals surface area (Å²) in [6.45, 7) is 3.38. The monoisotopic (exact) mass is 229 g/mol. The van der Waals surface area contributed by atoms with Gasteiger partial charge in [-0.05, 0) is 38.4 Å². The van der Waals surface area contributed by atoms with Gasteiger partial charge in [0.05, 0.1) is 0 Å². The molecule has 1 fully saturated rings. The summed E-state index contributed by atoms with van der Waals surface area (Å²) in [7, 11) is 2.24. The second-order valence-electron chi connectivity index (χ2n) is 4.96. The van der Waals surface area contributed by atoms with E-state index in [1.807, 2.05) is 0 Å². The van der Waals surface area contributed by atoms with Gasteiger partial charge in [0.1, 0.15) is 0 Å². The van der Waals surface area contributed by atoms with Crippen molar-refractivity contribution in [3.05, 3.63) is 41.5 Å². The molecule has 1 aliphatic rings. The summed E-state index contributed by atoms with van der Waals surface area (Å²) in [6.07, 6.45) is 7.72. The molecule has 1 nitrogen and oxygen atoms in total. The zero-order chi connectivity index (χ0) is 12.1. The first kappa shape index (κ1) is 12.4. The van der Waals surface area contributed by atoms with Gasteiger partial charge < -0.3 is 0 Å². The lowest BCUT2D eigenvalue weighted by Gasteiger charge is -2.33. The highest BCUT2D eigenvalue weighted by molar-refractivity contribution is 5.54. The Morgan fingerprint density at radius 2 is 2.00 bits per heavy atom. The van der Waals surface area contributed by atoms with Crippen molar-refractivity contribution in [3.63, 3.8) is 0 Å². The molecule has 0 aromatic heterocycles. The summed E-state index contributed by atoms with van der Waals surface area (Å²) in [4.78, 5) is 2.48. The summed E-state index contributed by atoms with van der Waals surface area (Å²) >= 11 is 0. The molecule has 0 bridgehead atoms. The lowest BCUT2D eigenvalue weighted by Crippen LogP contribution is -2.34. The molecule has 0 radical (unpaired) electrons. The lowest BCUT2D eigenvalue weighted by molar-refractivity contribution is 0.250. The zero-order valence-corrected chi connectivity index (χ0v) is 11.0. The summed E-state index contributed by atoms with van der Waals surface area (Å²) in [5, 5.41) is 0. The second-order valence-corrected chi connectivity index (χ2v) is 4.96. The maximum Gasteiger partial charge on any atom is 0.0307 e. The molecule has 1 aromatic rings. The van der Waals surface area contributed by atoms with Crippen LogP contribution in [0.5, 0.6) is 0 Å². The van der Waals surface area contributed by atoms with Crippen LogP contribution in [0.3, 0.4) is 0 Å². The van der Waals surface area contributed by atoms with Crippen LogP contribution < -0.4 is 0 Å². The number of nitrogens with zero attached hydrogens (tertiary/aromatic N) is 1. The SMILES string of the molecule is CCN(C)C1CCCC/C1=C\c1ccccc1. The fraction of sp³-hybridized carbons (Fsp3) is 0.500. The van der Waals surface area contributed by atoms with Gasteiger partial charge in [-0.2, -0.15) is 0 Å². The number of benzene rings is 1. The molecule has 0 amide bonds. The van der Waals surface area contributed by atoms with Crippen molar-refractivity contribution in [2.24, 2.45) is 0 Å². The Kier molecular flexibility index (Phi) is 4.38. The molecule has 1 aromatic carbocycles. The molecule has 1 atom stereocenters. The number of rotatable bonds is 3. The molecule has 0 aliphatic heterocycles.